The highest BCUT2D eigenvalue weighted by molar-refractivity contribution is 5.33. The first-order chi connectivity index (χ1) is 16.1. The van der Waals surface area contributed by atoms with Crippen LogP contribution in [-0.4, -0.2) is 58.7 Å². The highest BCUT2D eigenvalue weighted by Crippen LogP contribution is 2.17. The molecule has 2 aromatic carbocycles. The summed E-state index contributed by atoms with van der Waals surface area (Å²) in [6.07, 6.45) is 2.14. The second kappa shape index (κ2) is 11.2. The molecule has 1 aliphatic heterocycles. The summed E-state index contributed by atoms with van der Waals surface area (Å²) in [5.74, 6) is 0. The number of ether oxygens (including phenoxy) is 1. The zero-order valence-corrected chi connectivity index (χ0v) is 19.2. The molecular weight excluding hydrogens is 416 g/mol. The van der Waals surface area contributed by atoms with E-state index in [1.54, 1.807) is 12.1 Å². The molecule has 33 heavy (non-hydrogen) atoms. The van der Waals surface area contributed by atoms with Gasteiger partial charge in [-0.1, -0.05) is 42.0 Å². The SMILES string of the molecule is Cc1cccc(Cn2cccc2CN(CCN2CCOCC2)Cc2ccc([N+](=O)[O-])cc2)c1. The van der Waals surface area contributed by atoms with Crippen LogP contribution < -0.4 is 0 Å². The highest BCUT2D eigenvalue weighted by atomic mass is 16.6. The van der Waals surface area contributed by atoms with Gasteiger partial charge in [-0.25, -0.2) is 0 Å². The van der Waals surface area contributed by atoms with Crippen LogP contribution in [0.4, 0.5) is 5.69 Å². The molecule has 1 saturated heterocycles. The third-order valence-electron chi connectivity index (χ3n) is 6.13. The summed E-state index contributed by atoms with van der Waals surface area (Å²) in [6, 6.07) is 19.9. The highest BCUT2D eigenvalue weighted by Gasteiger charge is 2.15. The van der Waals surface area contributed by atoms with E-state index in [9.17, 15) is 10.1 Å². The zero-order valence-electron chi connectivity index (χ0n) is 19.2. The third kappa shape index (κ3) is 6.74. The Morgan fingerprint density at radius 3 is 2.52 bits per heavy atom. The van der Waals surface area contributed by atoms with Gasteiger partial charge >= 0.3 is 0 Å². The molecule has 0 unspecified atom stereocenters. The number of benzene rings is 2. The number of hydrogen-bond acceptors (Lipinski definition) is 5. The fraction of sp³-hybridized carbons (Fsp3) is 0.385. The average Bonchev–Trinajstić information content (AvgIpc) is 3.25. The van der Waals surface area contributed by atoms with E-state index in [1.165, 1.54) is 16.8 Å². The Morgan fingerprint density at radius 2 is 1.79 bits per heavy atom. The van der Waals surface area contributed by atoms with Gasteiger partial charge in [-0.2, -0.15) is 0 Å². The molecule has 0 radical (unpaired) electrons. The van der Waals surface area contributed by atoms with Gasteiger partial charge in [0.2, 0.25) is 0 Å². The molecule has 1 aliphatic rings. The Hall–Kier alpha value is -3.00. The van der Waals surface area contributed by atoms with E-state index >= 15 is 0 Å². The van der Waals surface area contributed by atoms with Crippen molar-refractivity contribution in [2.75, 3.05) is 39.4 Å². The van der Waals surface area contributed by atoms with Crippen molar-refractivity contribution in [1.82, 2.24) is 14.4 Å². The van der Waals surface area contributed by atoms with Crippen LogP contribution in [0.15, 0.2) is 66.9 Å². The van der Waals surface area contributed by atoms with Gasteiger partial charge in [0, 0.05) is 69.8 Å². The number of morpholine rings is 1. The van der Waals surface area contributed by atoms with Crippen molar-refractivity contribution in [2.45, 2.75) is 26.6 Å². The maximum atomic E-state index is 11.0. The van der Waals surface area contributed by atoms with Crippen LogP contribution in [0.25, 0.3) is 0 Å². The van der Waals surface area contributed by atoms with Crippen molar-refractivity contribution < 1.29 is 9.66 Å². The van der Waals surface area contributed by atoms with Gasteiger partial charge in [0.05, 0.1) is 18.1 Å². The maximum Gasteiger partial charge on any atom is 0.269 e. The lowest BCUT2D eigenvalue weighted by atomic mass is 10.1. The topological polar surface area (TPSA) is 63.8 Å². The number of hydrogen-bond donors (Lipinski definition) is 0. The number of aryl methyl sites for hydroxylation is 1. The van der Waals surface area contributed by atoms with Gasteiger partial charge in [0.15, 0.2) is 0 Å². The van der Waals surface area contributed by atoms with Crippen molar-refractivity contribution in [2.24, 2.45) is 0 Å². The van der Waals surface area contributed by atoms with E-state index in [-0.39, 0.29) is 10.6 Å². The number of nitro benzene ring substituents is 1. The molecule has 3 aromatic rings. The Labute approximate surface area is 195 Å². The molecule has 7 heteroatoms. The lowest BCUT2D eigenvalue weighted by Crippen LogP contribution is -2.41. The molecular formula is C26H32N4O3. The van der Waals surface area contributed by atoms with Crippen LogP contribution in [0.2, 0.25) is 0 Å². The molecule has 0 saturated carbocycles. The fourth-order valence-electron chi connectivity index (χ4n) is 4.29. The molecule has 1 aromatic heterocycles. The van der Waals surface area contributed by atoms with Gasteiger partial charge in [-0.15, -0.1) is 0 Å². The largest absolute Gasteiger partial charge is 0.379 e. The summed E-state index contributed by atoms with van der Waals surface area (Å²) in [5, 5.41) is 11.0. The van der Waals surface area contributed by atoms with E-state index in [0.29, 0.717) is 0 Å². The van der Waals surface area contributed by atoms with Crippen LogP contribution in [0.5, 0.6) is 0 Å². The predicted molar refractivity (Wildman–Crippen MR) is 129 cm³/mol. The van der Waals surface area contributed by atoms with Gasteiger partial charge in [0.25, 0.3) is 5.69 Å². The summed E-state index contributed by atoms with van der Waals surface area (Å²) in [6.45, 7) is 9.96. The number of nitro groups is 1. The van der Waals surface area contributed by atoms with Crippen LogP contribution in [0.3, 0.4) is 0 Å². The lowest BCUT2D eigenvalue weighted by Gasteiger charge is -2.30. The molecule has 7 nitrogen and oxygen atoms in total. The molecule has 0 spiro atoms. The molecule has 0 bridgehead atoms. The zero-order chi connectivity index (χ0) is 23.0. The van der Waals surface area contributed by atoms with Crippen molar-refractivity contribution in [1.29, 1.82) is 0 Å². The summed E-state index contributed by atoms with van der Waals surface area (Å²) in [7, 11) is 0. The lowest BCUT2D eigenvalue weighted by molar-refractivity contribution is -0.384. The first-order valence-corrected chi connectivity index (χ1v) is 11.5. The molecule has 2 heterocycles. The molecule has 0 amide bonds. The van der Waals surface area contributed by atoms with Crippen LogP contribution in [0.1, 0.15) is 22.4 Å². The maximum absolute atomic E-state index is 11.0. The molecule has 1 fully saturated rings. The monoisotopic (exact) mass is 448 g/mol. The normalized spacial score (nSPS) is 14.6. The first-order valence-electron chi connectivity index (χ1n) is 11.5. The second-order valence-electron chi connectivity index (χ2n) is 8.70. The third-order valence-corrected chi connectivity index (χ3v) is 6.13. The quantitative estimate of drug-likeness (QED) is 0.345. The van der Waals surface area contributed by atoms with E-state index in [0.717, 1.165) is 64.6 Å². The van der Waals surface area contributed by atoms with Crippen LogP contribution >= 0.6 is 0 Å². The first kappa shape index (κ1) is 23.2. The Morgan fingerprint density at radius 1 is 1.00 bits per heavy atom. The number of aromatic nitrogens is 1. The standard InChI is InChI=1S/C26H32N4O3/c1-22-4-2-5-24(18-22)20-29-11-3-6-26(29)21-28(13-12-27-14-16-33-17-15-27)19-23-7-9-25(10-8-23)30(31)32/h2-11,18H,12-17,19-21H2,1H3. The van der Waals surface area contributed by atoms with E-state index < -0.39 is 0 Å². The Balaban J connectivity index is 1.46. The Kier molecular flexibility index (Phi) is 7.88. The van der Waals surface area contributed by atoms with E-state index in [2.05, 4.69) is 63.9 Å². The van der Waals surface area contributed by atoms with Gasteiger partial charge in [0.1, 0.15) is 0 Å². The van der Waals surface area contributed by atoms with Crippen molar-refractivity contribution in [3.05, 3.63) is 99.4 Å². The van der Waals surface area contributed by atoms with Crippen molar-refractivity contribution in [3.63, 3.8) is 0 Å². The summed E-state index contributed by atoms with van der Waals surface area (Å²) in [4.78, 5) is 15.5. The minimum absolute atomic E-state index is 0.130. The van der Waals surface area contributed by atoms with Gasteiger partial charge in [-0.3, -0.25) is 19.9 Å². The van der Waals surface area contributed by atoms with Gasteiger partial charge < -0.3 is 9.30 Å². The second-order valence-corrected chi connectivity index (χ2v) is 8.70. The van der Waals surface area contributed by atoms with Crippen LogP contribution in [-0.2, 0) is 24.4 Å². The number of nitrogens with zero attached hydrogens (tertiary/aromatic N) is 4. The minimum atomic E-state index is -0.349. The predicted octanol–water partition coefficient (Wildman–Crippen LogP) is 4.09. The minimum Gasteiger partial charge on any atom is -0.379 e. The average molecular weight is 449 g/mol. The molecule has 0 N–H and O–H groups in total. The van der Waals surface area contributed by atoms with Crippen molar-refractivity contribution in [3.8, 4) is 0 Å². The number of rotatable bonds is 10. The summed E-state index contributed by atoms with van der Waals surface area (Å²) < 4.78 is 7.80. The van der Waals surface area contributed by atoms with Crippen LogP contribution in [0, 0.1) is 17.0 Å². The number of non-ortho nitro benzene ring substituents is 1. The van der Waals surface area contributed by atoms with Crippen molar-refractivity contribution >= 4 is 5.69 Å². The van der Waals surface area contributed by atoms with E-state index in [4.69, 9.17) is 4.74 Å². The molecule has 174 valence electrons. The smallest absolute Gasteiger partial charge is 0.269 e. The molecule has 0 atom stereocenters. The fourth-order valence-corrected chi connectivity index (χ4v) is 4.29. The van der Waals surface area contributed by atoms with Gasteiger partial charge in [-0.05, 0) is 30.2 Å². The summed E-state index contributed by atoms with van der Waals surface area (Å²) in [5.41, 5.74) is 5.04. The Bertz CT molecular complexity index is 1040. The molecule has 0 aliphatic carbocycles. The molecule has 4 rings (SSSR count). The van der Waals surface area contributed by atoms with E-state index in [1.807, 2.05) is 12.1 Å². The summed E-state index contributed by atoms with van der Waals surface area (Å²) >= 11 is 0.